The molecule has 5 nitrogen and oxygen atoms in total. The van der Waals surface area contributed by atoms with Crippen LogP contribution in [-0.4, -0.2) is 55.7 Å². The molecule has 1 aromatic carbocycles. The number of para-hydroxylation sites is 1. The summed E-state index contributed by atoms with van der Waals surface area (Å²) in [6.07, 6.45) is 0. The molecule has 1 aromatic rings. The maximum atomic E-state index is 13.8. The van der Waals surface area contributed by atoms with Gasteiger partial charge in [-0.1, -0.05) is 12.1 Å². The van der Waals surface area contributed by atoms with Crippen LogP contribution in [0.3, 0.4) is 0 Å². The van der Waals surface area contributed by atoms with Crippen LogP contribution in [0.5, 0.6) is 0 Å². The van der Waals surface area contributed by atoms with Crippen molar-refractivity contribution in [3.63, 3.8) is 0 Å². The monoisotopic (exact) mass is 322 g/mol. The normalized spacial score (nSPS) is 16.3. The van der Waals surface area contributed by atoms with Gasteiger partial charge in [-0.05, 0) is 32.9 Å². The molecule has 2 rings (SSSR count). The van der Waals surface area contributed by atoms with Crippen LogP contribution >= 0.6 is 0 Å². The number of piperazine rings is 1. The number of nitrogens with one attached hydrogen (secondary N) is 2. The molecule has 0 atom stereocenters. The van der Waals surface area contributed by atoms with Crippen molar-refractivity contribution < 1.29 is 9.18 Å². The minimum atomic E-state index is -0.227. The van der Waals surface area contributed by atoms with E-state index in [0.717, 1.165) is 32.7 Å². The predicted molar refractivity (Wildman–Crippen MR) is 91.3 cm³/mol. The predicted octanol–water partition coefficient (Wildman–Crippen LogP) is 2.05. The van der Waals surface area contributed by atoms with Gasteiger partial charge in [0.15, 0.2) is 0 Å². The molecule has 0 radical (unpaired) electrons. The Hall–Kier alpha value is -1.82. The minimum Gasteiger partial charge on any atom is -0.367 e. The molecule has 0 unspecified atom stereocenters. The Labute approximate surface area is 137 Å². The number of carbonyl (C=O) groups is 1. The second-order valence-corrected chi connectivity index (χ2v) is 6.91. The smallest absolute Gasteiger partial charge is 0.315 e. The van der Waals surface area contributed by atoms with Crippen molar-refractivity contribution in [3.8, 4) is 0 Å². The molecule has 0 spiro atoms. The van der Waals surface area contributed by atoms with Crippen LogP contribution in [0.2, 0.25) is 0 Å². The second kappa shape index (κ2) is 7.64. The lowest BCUT2D eigenvalue weighted by atomic mass is 10.1. The highest BCUT2D eigenvalue weighted by Crippen LogP contribution is 2.19. The lowest BCUT2D eigenvalue weighted by Crippen LogP contribution is -2.51. The molecule has 1 heterocycles. The zero-order valence-corrected chi connectivity index (χ0v) is 14.2. The summed E-state index contributed by atoms with van der Waals surface area (Å²) in [5.41, 5.74) is 0.449. The van der Waals surface area contributed by atoms with Crippen LogP contribution < -0.4 is 15.5 Å². The summed E-state index contributed by atoms with van der Waals surface area (Å²) in [5, 5.41) is 5.75. The van der Waals surface area contributed by atoms with Crippen molar-refractivity contribution in [1.82, 2.24) is 15.5 Å². The maximum absolute atomic E-state index is 13.8. The van der Waals surface area contributed by atoms with Gasteiger partial charge in [0, 0.05) is 44.8 Å². The molecule has 2 amide bonds. The van der Waals surface area contributed by atoms with Crippen LogP contribution in [0, 0.1) is 5.82 Å². The van der Waals surface area contributed by atoms with E-state index in [1.807, 2.05) is 32.9 Å². The van der Waals surface area contributed by atoms with Gasteiger partial charge in [-0.2, -0.15) is 0 Å². The quantitative estimate of drug-likeness (QED) is 0.892. The van der Waals surface area contributed by atoms with Crippen molar-refractivity contribution in [1.29, 1.82) is 0 Å². The first-order chi connectivity index (χ1) is 10.8. The van der Waals surface area contributed by atoms with Gasteiger partial charge in [-0.15, -0.1) is 0 Å². The third kappa shape index (κ3) is 5.71. The van der Waals surface area contributed by atoms with Crippen molar-refractivity contribution in [2.45, 2.75) is 26.3 Å². The number of anilines is 1. The van der Waals surface area contributed by atoms with E-state index in [0.29, 0.717) is 12.2 Å². The Balaban J connectivity index is 1.69. The molecule has 128 valence electrons. The van der Waals surface area contributed by atoms with E-state index in [-0.39, 0.29) is 17.4 Å². The number of hydrogen-bond acceptors (Lipinski definition) is 3. The largest absolute Gasteiger partial charge is 0.367 e. The highest BCUT2D eigenvalue weighted by atomic mass is 19.1. The number of amides is 2. The third-order valence-corrected chi connectivity index (χ3v) is 3.77. The standard InChI is InChI=1S/C17H27FN4O/c1-17(2,3)20-16(23)19-8-9-21-10-12-22(13-11-21)15-7-5-4-6-14(15)18/h4-7H,8-13H2,1-3H3,(H2,19,20,23). The van der Waals surface area contributed by atoms with E-state index in [2.05, 4.69) is 20.4 Å². The third-order valence-electron chi connectivity index (χ3n) is 3.77. The number of rotatable bonds is 4. The van der Waals surface area contributed by atoms with E-state index in [1.165, 1.54) is 6.07 Å². The summed E-state index contributed by atoms with van der Waals surface area (Å²) in [4.78, 5) is 16.0. The number of hydrogen-bond donors (Lipinski definition) is 2. The molecule has 0 aliphatic carbocycles. The summed E-state index contributed by atoms with van der Waals surface area (Å²) in [6, 6.07) is 6.76. The summed E-state index contributed by atoms with van der Waals surface area (Å²) in [5.74, 6) is -0.165. The number of carbonyl (C=O) groups excluding carboxylic acids is 1. The lowest BCUT2D eigenvalue weighted by molar-refractivity contribution is 0.224. The molecule has 23 heavy (non-hydrogen) atoms. The summed E-state index contributed by atoms with van der Waals surface area (Å²) in [6.45, 7) is 10.6. The van der Waals surface area contributed by atoms with E-state index >= 15 is 0 Å². The van der Waals surface area contributed by atoms with Crippen molar-refractivity contribution in [2.75, 3.05) is 44.2 Å². The van der Waals surface area contributed by atoms with E-state index in [1.54, 1.807) is 6.07 Å². The molecule has 1 saturated heterocycles. The Morgan fingerprint density at radius 2 is 1.83 bits per heavy atom. The fourth-order valence-electron chi connectivity index (χ4n) is 2.63. The van der Waals surface area contributed by atoms with Gasteiger partial charge >= 0.3 is 6.03 Å². The zero-order valence-electron chi connectivity index (χ0n) is 14.2. The molecule has 0 saturated carbocycles. The van der Waals surface area contributed by atoms with Crippen molar-refractivity contribution in [2.24, 2.45) is 0 Å². The Bertz CT molecular complexity index is 522. The summed E-state index contributed by atoms with van der Waals surface area (Å²) in [7, 11) is 0. The van der Waals surface area contributed by atoms with Crippen LogP contribution in [-0.2, 0) is 0 Å². The van der Waals surface area contributed by atoms with Crippen LogP contribution in [0.1, 0.15) is 20.8 Å². The van der Waals surface area contributed by atoms with Crippen molar-refractivity contribution in [3.05, 3.63) is 30.1 Å². The average molecular weight is 322 g/mol. The summed E-state index contributed by atoms with van der Waals surface area (Å²) < 4.78 is 13.8. The van der Waals surface area contributed by atoms with Gasteiger partial charge < -0.3 is 15.5 Å². The highest BCUT2D eigenvalue weighted by Gasteiger charge is 2.19. The first-order valence-corrected chi connectivity index (χ1v) is 8.13. The van der Waals surface area contributed by atoms with Crippen LogP contribution in [0.25, 0.3) is 0 Å². The second-order valence-electron chi connectivity index (χ2n) is 6.91. The highest BCUT2D eigenvalue weighted by molar-refractivity contribution is 5.74. The number of benzene rings is 1. The molecule has 1 aliphatic rings. The topological polar surface area (TPSA) is 47.6 Å². The van der Waals surface area contributed by atoms with Gasteiger partial charge in [0.2, 0.25) is 0 Å². The van der Waals surface area contributed by atoms with Gasteiger partial charge in [0.25, 0.3) is 0 Å². The molecule has 1 aliphatic heterocycles. The Kier molecular flexibility index (Phi) is 5.82. The zero-order chi connectivity index (χ0) is 16.9. The molecule has 0 aromatic heterocycles. The Morgan fingerprint density at radius 3 is 2.43 bits per heavy atom. The molecule has 6 heteroatoms. The minimum absolute atomic E-state index is 0.137. The molecule has 1 fully saturated rings. The van der Waals surface area contributed by atoms with Crippen molar-refractivity contribution >= 4 is 11.7 Å². The van der Waals surface area contributed by atoms with Crippen LogP contribution in [0.4, 0.5) is 14.9 Å². The van der Waals surface area contributed by atoms with E-state index in [4.69, 9.17) is 0 Å². The van der Waals surface area contributed by atoms with E-state index in [9.17, 15) is 9.18 Å². The lowest BCUT2D eigenvalue weighted by Gasteiger charge is -2.36. The molecular formula is C17H27FN4O. The van der Waals surface area contributed by atoms with Gasteiger partial charge in [0.05, 0.1) is 5.69 Å². The first kappa shape index (κ1) is 17.5. The van der Waals surface area contributed by atoms with Gasteiger partial charge in [0.1, 0.15) is 5.82 Å². The maximum Gasteiger partial charge on any atom is 0.315 e. The molecule has 0 bridgehead atoms. The SMILES string of the molecule is CC(C)(C)NC(=O)NCCN1CCN(c2ccccc2F)CC1. The summed E-state index contributed by atoms with van der Waals surface area (Å²) >= 11 is 0. The van der Waals surface area contributed by atoms with Crippen LogP contribution in [0.15, 0.2) is 24.3 Å². The Morgan fingerprint density at radius 1 is 1.17 bits per heavy atom. The van der Waals surface area contributed by atoms with E-state index < -0.39 is 0 Å². The number of nitrogens with zero attached hydrogens (tertiary/aromatic N) is 2. The fourth-order valence-corrected chi connectivity index (χ4v) is 2.63. The average Bonchev–Trinajstić information content (AvgIpc) is 2.47. The molecule has 2 N–H and O–H groups in total. The number of urea groups is 1. The fraction of sp³-hybridized carbons (Fsp3) is 0.588. The molecular weight excluding hydrogens is 295 g/mol. The number of halogens is 1. The van der Waals surface area contributed by atoms with Gasteiger partial charge in [-0.3, -0.25) is 4.90 Å². The first-order valence-electron chi connectivity index (χ1n) is 8.13. The van der Waals surface area contributed by atoms with Gasteiger partial charge in [-0.25, -0.2) is 9.18 Å².